The second kappa shape index (κ2) is 5.87. The molecule has 0 aliphatic carbocycles. The van der Waals surface area contributed by atoms with Gasteiger partial charge in [-0.1, -0.05) is 11.6 Å². The van der Waals surface area contributed by atoms with Crippen LogP contribution in [0.3, 0.4) is 0 Å². The first kappa shape index (κ1) is 14.3. The first-order valence-electron chi connectivity index (χ1n) is 6.00. The van der Waals surface area contributed by atoms with Crippen LogP contribution in [0, 0.1) is 6.92 Å². The van der Waals surface area contributed by atoms with Crippen molar-refractivity contribution >= 4 is 17.5 Å². The average Bonchev–Trinajstić information content (AvgIpc) is 2.80. The van der Waals surface area contributed by atoms with E-state index in [2.05, 4.69) is 20.4 Å². The monoisotopic (exact) mass is 295 g/mol. The van der Waals surface area contributed by atoms with Crippen molar-refractivity contribution < 1.29 is 4.79 Å². The number of hydrogen-bond acceptors (Lipinski definition) is 4. The Hall–Kier alpha value is -2.15. The van der Waals surface area contributed by atoms with Gasteiger partial charge in [0.2, 0.25) is 5.91 Å². The molecule has 0 aliphatic rings. The number of amides is 1. The van der Waals surface area contributed by atoms with Gasteiger partial charge in [0, 0.05) is 12.3 Å². The third kappa shape index (κ3) is 3.45. The van der Waals surface area contributed by atoms with E-state index in [0.717, 1.165) is 0 Å². The molecule has 0 saturated carbocycles. The zero-order valence-electron chi connectivity index (χ0n) is 11.1. The molecule has 0 bridgehead atoms. The fourth-order valence-corrected chi connectivity index (χ4v) is 1.85. The van der Waals surface area contributed by atoms with Crippen LogP contribution in [0.2, 0.25) is 5.02 Å². The van der Waals surface area contributed by atoms with Gasteiger partial charge in [0.25, 0.3) is 5.56 Å². The van der Waals surface area contributed by atoms with Gasteiger partial charge in [0.15, 0.2) is 0 Å². The number of nitrogens with one attached hydrogen (secondary N) is 2. The molecule has 1 amide bonds. The minimum absolute atomic E-state index is 0.183. The van der Waals surface area contributed by atoms with Crippen molar-refractivity contribution in [3.8, 4) is 0 Å². The van der Waals surface area contributed by atoms with E-state index in [9.17, 15) is 9.59 Å². The molecule has 2 rings (SSSR count). The van der Waals surface area contributed by atoms with Crippen LogP contribution < -0.4 is 10.9 Å². The molecule has 106 valence electrons. The van der Waals surface area contributed by atoms with Crippen molar-refractivity contribution in [1.82, 2.24) is 25.1 Å². The predicted octanol–water partition coefficient (Wildman–Crippen LogP) is 0.806. The van der Waals surface area contributed by atoms with Crippen LogP contribution in [-0.2, 0) is 11.3 Å². The van der Waals surface area contributed by atoms with Crippen LogP contribution in [0.15, 0.2) is 23.3 Å². The van der Waals surface area contributed by atoms with Crippen molar-refractivity contribution in [2.75, 3.05) is 0 Å². The normalized spacial score (nSPS) is 12.2. The SMILES string of the molecule is Cc1nc(CNC(=O)C(C)n2cc(Cl)cn2)cc(=O)[nH]1. The number of H-pyrrole nitrogens is 1. The molecule has 1 unspecified atom stereocenters. The van der Waals surface area contributed by atoms with Gasteiger partial charge in [-0.25, -0.2) is 4.98 Å². The lowest BCUT2D eigenvalue weighted by molar-refractivity contribution is -0.124. The molecule has 2 heterocycles. The summed E-state index contributed by atoms with van der Waals surface area (Å²) in [6.45, 7) is 3.57. The number of aryl methyl sites for hydroxylation is 1. The number of halogens is 1. The van der Waals surface area contributed by atoms with Crippen LogP contribution in [0.1, 0.15) is 24.5 Å². The molecule has 2 aromatic heterocycles. The fraction of sp³-hybridized carbons (Fsp3) is 0.333. The summed E-state index contributed by atoms with van der Waals surface area (Å²) in [7, 11) is 0. The number of hydrogen-bond donors (Lipinski definition) is 2. The molecule has 0 fully saturated rings. The van der Waals surface area contributed by atoms with Gasteiger partial charge in [0.05, 0.1) is 23.5 Å². The first-order valence-corrected chi connectivity index (χ1v) is 6.37. The van der Waals surface area contributed by atoms with E-state index in [-0.39, 0.29) is 18.0 Å². The zero-order valence-corrected chi connectivity index (χ0v) is 11.8. The van der Waals surface area contributed by atoms with Crippen LogP contribution in [0.25, 0.3) is 0 Å². The van der Waals surface area contributed by atoms with E-state index in [4.69, 9.17) is 11.6 Å². The summed E-state index contributed by atoms with van der Waals surface area (Å²) < 4.78 is 1.47. The Morgan fingerprint density at radius 2 is 2.35 bits per heavy atom. The largest absolute Gasteiger partial charge is 0.349 e. The van der Waals surface area contributed by atoms with Crippen LogP contribution in [-0.4, -0.2) is 25.7 Å². The Bertz CT molecular complexity index is 678. The van der Waals surface area contributed by atoms with Gasteiger partial charge < -0.3 is 10.3 Å². The maximum absolute atomic E-state index is 12.0. The Labute approximate surface area is 120 Å². The summed E-state index contributed by atoms with van der Waals surface area (Å²) in [5, 5.41) is 7.15. The Morgan fingerprint density at radius 3 is 2.95 bits per heavy atom. The molecule has 0 spiro atoms. The second-order valence-corrected chi connectivity index (χ2v) is 4.79. The van der Waals surface area contributed by atoms with E-state index in [1.54, 1.807) is 20.0 Å². The Kier molecular flexibility index (Phi) is 4.19. The Balaban J connectivity index is 1.99. The highest BCUT2D eigenvalue weighted by atomic mass is 35.5. The quantitative estimate of drug-likeness (QED) is 0.873. The third-order valence-corrected chi connectivity index (χ3v) is 2.90. The lowest BCUT2D eigenvalue weighted by atomic mass is 10.3. The summed E-state index contributed by atoms with van der Waals surface area (Å²) >= 11 is 5.75. The van der Waals surface area contributed by atoms with Gasteiger partial charge in [-0.15, -0.1) is 0 Å². The molecule has 8 heteroatoms. The lowest BCUT2D eigenvalue weighted by Gasteiger charge is -2.12. The van der Waals surface area contributed by atoms with E-state index in [1.165, 1.54) is 16.9 Å². The van der Waals surface area contributed by atoms with E-state index in [0.29, 0.717) is 16.5 Å². The number of carbonyl (C=O) groups excluding carboxylic acids is 1. The van der Waals surface area contributed by atoms with Crippen molar-refractivity contribution in [1.29, 1.82) is 0 Å². The van der Waals surface area contributed by atoms with Crippen LogP contribution >= 0.6 is 11.6 Å². The molecule has 2 aromatic rings. The molecular weight excluding hydrogens is 282 g/mol. The van der Waals surface area contributed by atoms with E-state index < -0.39 is 6.04 Å². The molecule has 20 heavy (non-hydrogen) atoms. The number of carbonyl (C=O) groups is 1. The Morgan fingerprint density at radius 1 is 1.60 bits per heavy atom. The molecule has 0 aromatic carbocycles. The molecule has 0 saturated heterocycles. The highest BCUT2D eigenvalue weighted by molar-refractivity contribution is 6.30. The molecule has 0 radical (unpaired) electrons. The summed E-state index contributed by atoms with van der Waals surface area (Å²) in [6, 6.07) is 0.855. The average molecular weight is 296 g/mol. The number of nitrogens with zero attached hydrogens (tertiary/aromatic N) is 3. The fourth-order valence-electron chi connectivity index (χ4n) is 1.70. The first-order chi connectivity index (χ1) is 9.45. The molecule has 0 aliphatic heterocycles. The second-order valence-electron chi connectivity index (χ2n) is 4.35. The highest BCUT2D eigenvalue weighted by Crippen LogP contribution is 2.10. The molecule has 2 N–H and O–H groups in total. The standard InChI is InChI=1S/C12H14ClN5O2/c1-7(18-6-9(13)4-15-18)12(20)14-5-10-3-11(19)17-8(2)16-10/h3-4,6-7H,5H2,1-2H3,(H,14,20)(H,16,17,19). The van der Waals surface area contributed by atoms with Crippen molar-refractivity contribution in [3.05, 3.63) is 45.4 Å². The predicted molar refractivity (Wildman–Crippen MR) is 73.4 cm³/mol. The van der Waals surface area contributed by atoms with Gasteiger partial charge in [-0.05, 0) is 13.8 Å². The molecular formula is C12H14ClN5O2. The highest BCUT2D eigenvalue weighted by Gasteiger charge is 2.15. The number of rotatable bonds is 4. The number of aromatic amines is 1. The topological polar surface area (TPSA) is 92.7 Å². The van der Waals surface area contributed by atoms with Crippen LogP contribution in [0.5, 0.6) is 0 Å². The van der Waals surface area contributed by atoms with Gasteiger partial charge >= 0.3 is 0 Å². The van der Waals surface area contributed by atoms with E-state index in [1.807, 2.05) is 0 Å². The zero-order chi connectivity index (χ0) is 14.7. The minimum atomic E-state index is -0.495. The van der Waals surface area contributed by atoms with Gasteiger partial charge in [-0.2, -0.15) is 5.10 Å². The maximum Gasteiger partial charge on any atom is 0.251 e. The molecule has 1 atom stereocenters. The van der Waals surface area contributed by atoms with Gasteiger partial charge in [0.1, 0.15) is 11.9 Å². The van der Waals surface area contributed by atoms with Crippen molar-refractivity contribution in [2.45, 2.75) is 26.4 Å². The summed E-state index contributed by atoms with van der Waals surface area (Å²) in [6.07, 6.45) is 3.04. The smallest absolute Gasteiger partial charge is 0.251 e. The van der Waals surface area contributed by atoms with Gasteiger partial charge in [-0.3, -0.25) is 14.3 Å². The summed E-state index contributed by atoms with van der Waals surface area (Å²) in [5.41, 5.74) is 0.263. The summed E-state index contributed by atoms with van der Waals surface area (Å²) in [5.74, 6) is 0.276. The lowest BCUT2D eigenvalue weighted by Crippen LogP contribution is -2.31. The number of aromatic nitrogens is 4. The molecule has 7 nitrogen and oxygen atoms in total. The minimum Gasteiger partial charge on any atom is -0.349 e. The maximum atomic E-state index is 12.0. The summed E-state index contributed by atoms with van der Waals surface area (Å²) in [4.78, 5) is 29.9. The van der Waals surface area contributed by atoms with Crippen molar-refractivity contribution in [2.24, 2.45) is 0 Å². The van der Waals surface area contributed by atoms with Crippen LogP contribution in [0.4, 0.5) is 0 Å². The van der Waals surface area contributed by atoms with Crippen molar-refractivity contribution in [3.63, 3.8) is 0 Å². The third-order valence-electron chi connectivity index (χ3n) is 2.70. The van der Waals surface area contributed by atoms with E-state index >= 15 is 0 Å².